The number of carbonyl (C=O) groups excluding carboxylic acids is 1. The highest BCUT2D eigenvalue weighted by atomic mass is 35.5. The van der Waals surface area contributed by atoms with Crippen LogP contribution >= 0.6 is 23.2 Å². The van der Waals surface area contributed by atoms with Crippen LogP contribution in [0, 0.1) is 23.3 Å². The molecule has 0 aromatic heterocycles. The summed E-state index contributed by atoms with van der Waals surface area (Å²) in [6.07, 6.45) is 4.06. The minimum atomic E-state index is -5.42. The van der Waals surface area contributed by atoms with Gasteiger partial charge in [0.25, 0.3) is 0 Å². The number of ether oxygens (including phenoxy) is 1. The summed E-state index contributed by atoms with van der Waals surface area (Å²) < 4.78 is 92.9. The molecule has 274 valence electrons. The van der Waals surface area contributed by atoms with E-state index >= 15 is 4.39 Å². The van der Waals surface area contributed by atoms with Crippen molar-refractivity contribution in [2.45, 2.75) is 62.4 Å². The third kappa shape index (κ3) is 7.78. The van der Waals surface area contributed by atoms with Crippen molar-refractivity contribution in [3.8, 4) is 5.75 Å². The second-order valence-corrected chi connectivity index (χ2v) is 15.4. The number of hydrogen-bond donors (Lipinski definition) is 1. The molecule has 2 aliphatic carbocycles. The van der Waals surface area contributed by atoms with Crippen molar-refractivity contribution in [3.63, 3.8) is 0 Å². The molecule has 4 aromatic carbocycles. The normalized spacial score (nSPS) is 14.5. The lowest BCUT2D eigenvalue weighted by Gasteiger charge is -2.29. The van der Waals surface area contributed by atoms with Gasteiger partial charge in [0, 0.05) is 11.6 Å². The first-order chi connectivity index (χ1) is 24.7. The topological polar surface area (TPSA) is 104 Å². The highest BCUT2D eigenvalue weighted by Crippen LogP contribution is 2.46. The molecule has 0 unspecified atom stereocenters. The average Bonchev–Trinajstić information content (AvgIpc) is 4.03. The molecule has 0 heterocycles. The Balaban J connectivity index is 1.48. The number of carboxylic acid groups (broad SMARTS) is 1. The predicted octanol–water partition coefficient (Wildman–Crippen LogP) is 8.83. The van der Waals surface area contributed by atoms with Gasteiger partial charge in [0.2, 0.25) is 15.9 Å². The maximum Gasteiger partial charge on any atom is 0.335 e. The number of rotatable bonds is 14. The van der Waals surface area contributed by atoms with Crippen LogP contribution in [0.3, 0.4) is 0 Å². The van der Waals surface area contributed by atoms with Gasteiger partial charge in [0.1, 0.15) is 15.7 Å². The zero-order valence-electron chi connectivity index (χ0n) is 27.6. The van der Waals surface area contributed by atoms with Gasteiger partial charge in [-0.1, -0.05) is 59.6 Å². The highest BCUT2D eigenvalue weighted by molar-refractivity contribution is 7.89. The maximum atomic E-state index is 15.2. The molecule has 0 aliphatic heterocycles. The predicted molar refractivity (Wildman–Crippen MR) is 186 cm³/mol. The smallest absolute Gasteiger partial charge is 0.335 e. The number of anilines is 1. The van der Waals surface area contributed by atoms with E-state index in [1.165, 1.54) is 41.3 Å². The highest BCUT2D eigenvalue weighted by Gasteiger charge is 2.38. The Labute approximate surface area is 307 Å². The van der Waals surface area contributed by atoms with Gasteiger partial charge in [-0.05, 0) is 91.0 Å². The van der Waals surface area contributed by atoms with E-state index in [4.69, 9.17) is 27.9 Å². The van der Waals surface area contributed by atoms with E-state index in [-0.39, 0.29) is 40.7 Å². The first-order valence-corrected chi connectivity index (χ1v) is 18.6. The summed E-state index contributed by atoms with van der Waals surface area (Å²) in [5.41, 5.74) is 3.01. The molecule has 0 saturated heterocycles. The number of benzene rings is 4. The van der Waals surface area contributed by atoms with Crippen LogP contribution in [0.5, 0.6) is 5.75 Å². The van der Waals surface area contributed by atoms with E-state index in [9.17, 15) is 36.3 Å². The van der Waals surface area contributed by atoms with E-state index in [1.807, 2.05) is 12.1 Å². The third-order valence-corrected chi connectivity index (χ3v) is 11.6. The summed E-state index contributed by atoms with van der Waals surface area (Å²) in [4.78, 5) is 25.9. The van der Waals surface area contributed by atoms with Crippen molar-refractivity contribution in [1.29, 1.82) is 0 Å². The molecule has 1 N–H and O–H groups in total. The molecule has 2 aliphatic rings. The number of carbonyl (C=O) groups is 2. The third-order valence-electron chi connectivity index (χ3n) is 8.96. The van der Waals surface area contributed by atoms with Gasteiger partial charge in [-0.3, -0.25) is 4.79 Å². The van der Waals surface area contributed by atoms with Gasteiger partial charge in [-0.15, -0.1) is 0 Å². The van der Waals surface area contributed by atoms with E-state index < -0.39 is 68.2 Å². The molecule has 0 atom stereocenters. The fourth-order valence-corrected chi connectivity index (χ4v) is 8.13. The van der Waals surface area contributed by atoms with Gasteiger partial charge >= 0.3 is 5.97 Å². The van der Waals surface area contributed by atoms with Gasteiger partial charge < -0.3 is 14.7 Å². The molecule has 0 radical (unpaired) electrons. The summed E-state index contributed by atoms with van der Waals surface area (Å²) in [6.45, 7) is -0.152. The minimum absolute atomic E-state index is 0.00814. The lowest BCUT2D eigenvalue weighted by Crippen LogP contribution is -2.43. The molecule has 2 fully saturated rings. The molecule has 2 saturated carbocycles. The molecule has 8 nitrogen and oxygen atoms in total. The summed E-state index contributed by atoms with van der Waals surface area (Å²) in [5, 5.41) is 8.18. The van der Waals surface area contributed by atoms with Crippen molar-refractivity contribution in [2.75, 3.05) is 18.1 Å². The van der Waals surface area contributed by atoms with Crippen molar-refractivity contribution in [2.24, 2.45) is 0 Å². The Morgan fingerprint density at radius 2 is 1.46 bits per heavy atom. The number of carboxylic acids is 1. The summed E-state index contributed by atoms with van der Waals surface area (Å²) in [6, 6.07) is 15.9. The summed E-state index contributed by atoms with van der Waals surface area (Å²) in [7, 11) is -5.42. The van der Waals surface area contributed by atoms with Crippen LogP contribution in [0.4, 0.5) is 23.2 Å². The average molecular weight is 780 g/mol. The van der Waals surface area contributed by atoms with Crippen LogP contribution < -0.4 is 9.64 Å². The molecule has 0 spiro atoms. The molecule has 0 bridgehead atoms. The molecule has 4 aromatic rings. The van der Waals surface area contributed by atoms with E-state index in [0.717, 1.165) is 36.8 Å². The fourth-order valence-electron chi connectivity index (χ4n) is 5.99. The number of halogens is 6. The largest absolute Gasteiger partial charge is 0.492 e. The number of nitrogens with zero attached hydrogens (tertiary/aromatic N) is 2. The lowest BCUT2D eigenvalue weighted by molar-refractivity contribution is -0.119. The van der Waals surface area contributed by atoms with E-state index in [0.29, 0.717) is 21.7 Å². The van der Waals surface area contributed by atoms with Crippen molar-refractivity contribution in [1.82, 2.24) is 4.31 Å². The Bertz CT molecular complexity index is 2120. The van der Waals surface area contributed by atoms with Crippen molar-refractivity contribution >= 4 is 50.8 Å². The van der Waals surface area contributed by atoms with Gasteiger partial charge in [0.05, 0.1) is 30.9 Å². The second kappa shape index (κ2) is 15.1. The minimum Gasteiger partial charge on any atom is -0.492 e. The number of hydrogen-bond acceptors (Lipinski definition) is 5. The maximum absolute atomic E-state index is 15.2. The second-order valence-electron chi connectivity index (χ2n) is 12.7. The van der Waals surface area contributed by atoms with Gasteiger partial charge in [-0.2, -0.15) is 4.31 Å². The van der Waals surface area contributed by atoms with Crippen LogP contribution in [0.25, 0.3) is 0 Å². The molecular formula is C37H32Cl2F4N2O6S. The fraction of sp³-hybridized carbons (Fsp3) is 0.297. The van der Waals surface area contributed by atoms with Crippen molar-refractivity contribution in [3.05, 3.63) is 122 Å². The zero-order valence-corrected chi connectivity index (χ0v) is 30.0. The molecule has 15 heteroatoms. The Hall–Kier alpha value is -4.17. The van der Waals surface area contributed by atoms with Crippen LogP contribution in [0.1, 0.15) is 77.1 Å². The summed E-state index contributed by atoms with van der Waals surface area (Å²) in [5.74, 6) is -10.6. The van der Waals surface area contributed by atoms with Gasteiger partial charge in [0.15, 0.2) is 23.3 Å². The molecule has 1 amide bonds. The summed E-state index contributed by atoms with van der Waals surface area (Å²) >= 11 is 12.2. The number of sulfonamides is 1. The number of amides is 1. The SMILES string of the molecule is CCOc1cc(C(=O)O)ccc1N(Cc1cc(C2CC2)cc(C2CC2)c1)C(=O)CN(Cc1ccccc1Cl)S(=O)(=O)c1c(F)c(F)c(F)c(F)c1Cl. The molecule has 52 heavy (non-hydrogen) atoms. The van der Waals surface area contributed by atoms with Crippen LogP contribution in [0.15, 0.2) is 65.6 Å². The Morgan fingerprint density at radius 3 is 2.04 bits per heavy atom. The van der Waals surface area contributed by atoms with Crippen LogP contribution in [-0.4, -0.2) is 42.9 Å². The first kappa shape index (κ1) is 37.6. The lowest BCUT2D eigenvalue weighted by atomic mass is 9.99. The Morgan fingerprint density at radius 1 is 0.846 bits per heavy atom. The standard InChI is InChI=1S/C37H32Cl2F4N2O6S/c1-2-51-29-16-23(37(47)48)11-12-28(29)45(17-20-13-25(21-7-8-21)15-26(14-20)22-9-10-22)30(46)19-44(18-24-5-3-4-6-27(24)38)52(49,50)36-31(39)32(40)33(41)34(42)35(36)43/h3-6,11-16,21-22H,2,7-10,17-19H2,1H3,(H,47,48). The molecular weight excluding hydrogens is 747 g/mol. The Kier molecular flexibility index (Phi) is 10.9. The van der Waals surface area contributed by atoms with E-state index in [1.54, 1.807) is 13.0 Å². The van der Waals surface area contributed by atoms with Crippen LogP contribution in [0.2, 0.25) is 10.0 Å². The van der Waals surface area contributed by atoms with Crippen LogP contribution in [-0.2, 0) is 27.9 Å². The quantitative estimate of drug-likeness (QED) is 0.0780. The van der Waals surface area contributed by atoms with E-state index in [2.05, 4.69) is 6.07 Å². The van der Waals surface area contributed by atoms with Crippen molar-refractivity contribution < 1.29 is 45.4 Å². The number of aromatic carboxylic acids is 1. The molecule has 6 rings (SSSR count). The zero-order chi connectivity index (χ0) is 37.5. The van der Waals surface area contributed by atoms with Gasteiger partial charge in [-0.25, -0.2) is 30.8 Å². The monoisotopic (exact) mass is 778 g/mol. The first-order valence-electron chi connectivity index (χ1n) is 16.4.